The number of ether oxygens (including phenoxy) is 6. The summed E-state index contributed by atoms with van der Waals surface area (Å²) in [5, 5.41) is 29.3. The molecule has 2 aliphatic rings. The average molecular weight is 409 g/mol. The summed E-state index contributed by atoms with van der Waals surface area (Å²) in [7, 11) is 1.60. The fourth-order valence-corrected chi connectivity index (χ4v) is 3.44. The van der Waals surface area contributed by atoms with Gasteiger partial charge in [0.25, 0.3) is 0 Å². The van der Waals surface area contributed by atoms with Crippen molar-refractivity contribution in [2.24, 2.45) is 0 Å². The largest absolute Gasteiger partial charge is 0.497 e. The Morgan fingerprint density at radius 3 is 2.52 bits per heavy atom. The summed E-state index contributed by atoms with van der Waals surface area (Å²) >= 11 is 0. The van der Waals surface area contributed by atoms with Crippen LogP contribution in [-0.2, 0) is 30.3 Å². The molecule has 2 fully saturated rings. The number of aliphatic hydroxyl groups excluding tert-OH is 2. The van der Waals surface area contributed by atoms with Crippen molar-refractivity contribution in [2.75, 3.05) is 20.3 Å². The summed E-state index contributed by atoms with van der Waals surface area (Å²) in [4.78, 5) is 0. The fraction of sp³-hybridized carbons (Fsp3) is 0.650. The first kappa shape index (κ1) is 21.9. The van der Waals surface area contributed by atoms with Crippen LogP contribution in [0.15, 0.2) is 24.3 Å². The first-order chi connectivity index (χ1) is 13.8. The van der Waals surface area contributed by atoms with E-state index in [0.29, 0.717) is 0 Å². The molecule has 0 aliphatic carbocycles. The lowest BCUT2D eigenvalue weighted by Gasteiger charge is -2.28. The molecular weight excluding hydrogens is 382 g/mol. The number of nitrogens with zero attached hydrogens (tertiary/aromatic N) is 1. The van der Waals surface area contributed by atoms with Crippen molar-refractivity contribution in [1.29, 1.82) is 5.26 Å². The number of rotatable bonds is 9. The third kappa shape index (κ3) is 5.24. The summed E-state index contributed by atoms with van der Waals surface area (Å²) in [5.41, 5.74) is 0.915. The lowest BCUT2D eigenvalue weighted by molar-refractivity contribution is -0.251. The number of fused-ring (bicyclic) bond motifs is 1. The van der Waals surface area contributed by atoms with Crippen molar-refractivity contribution in [3.63, 3.8) is 0 Å². The summed E-state index contributed by atoms with van der Waals surface area (Å²) in [5.74, 6) is -0.128. The van der Waals surface area contributed by atoms with E-state index in [9.17, 15) is 10.2 Å². The van der Waals surface area contributed by atoms with E-state index >= 15 is 0 Å². The third-order valence-electron chi connectivity index (χ3n) is 4.81. The van der Waals surface area contributed by atoms with Gasteiger partial charge in [0.1, 0.15) is 42.9 Å². The number of hydrogen-bond donors (Lipinski definition) is 2. The van der Waals surface area contributed by atoms with Gasteiger partial charge in [0.05, 0.1) is 26.4 Å². The van der Waals surface area contributed by atoms with Crippen LogP contribution in [0.25, 0.3) is 0 Å². The highest BCUT2D eigenvalue weighted by atomic mass is 16.8. The van der Waals surface area contributed by atoms with Gasteiger partial charge in [0, 0.05) is 0 Å². The van der Waals surface area contributed by atoms with Crippen LogP contribution in [0, 0.1) is 11.3 Å². The molecule has 0 saturated carbocycles. The topological polar surface area (TPSA) is 120 Å². The quantitative estimate of drug-likeness (QED) is 0.569. The van der Waals surface area contributed by atoms with Crippen LogP contribution in [0.5, 0.6) is 5.75 Å². The number of hydrogen-bond acceptors (Lipinski definition) is 9. The number of benzene rings is 1. The van der Waals surface area contributed by atoms with Gasteiger partial charge >= 0.3 is 0 Å². The molecule has 3 rings (SSSR count). The Bertz CT molecular complexity index is 703. The lowest BCUT2D eigenvalue weighted by atomic mass is 10.0. The highest BCUT2D eigenvalue weighted by Gasteiger charge is 2.58. The van der Waals surface area contributed by atoms with Crippen molar-refractivity contribution in [3.05, 3.63) is 29.8 Å². The average Bonchev–Trinajstić information content (AvgIpc) is 3.19. The van der Waals surface area contributed by atoms with E-state index in [4.69, 9.17) is 33.7 Å². The summed E-state index contributed by atoms with van der Waals surface area (Å²) in [6, 6.07) is 9.23. The molecule has 2 saturated heterocycles. The molecule has 1 aromatic carbocycles. The number of methoxy groups -OCH3 is 1. The van der Waals surface area contributed by atoms with E-state index < -0.39 is 42.6 Å². The minimum absolute atomic E-state index is 0.179. The van der Waals surface area contributed by atoms with Gasteiger partial charge in [-0.2, -0.15) is 5.26 Å². The van der Waals surface area contributed by atoms with Gasteiger partial charge in [-0.25, -0.2) is 0 Å². The van der Waals surface area contributed by atoms with E-state index in [1.165, 1.54) is 0 Å². The first-order valence-electron chi connectivity index (χ1n) is 9.41. The molecule has 6 atom stereocenters. The van der Waals surface area contributed by atoms with E-state index in [-0.39, 0.29) is 19.8 Å². The molecule has 0 spiro atoms. The van der Waals surface area contributed by atoms with E-state index in [2.05, 4.69) is 0 Å². The maximum Gasteiger partial charge on any atom is 0.187 e. The van der Waals surface area contributed by atoms with Crippen molar-refractivity contribution in [2.45, 2.75) is 63.1 Å². The Morgan fingerprint density at radius 2 is 1.86 bits per heavy atom. The maximum atomic E-state index is 10.6. The molecule has 9 heteroatoms. The zero-order valence-corrected chi connectivity index (χ0v) is 16.7. The van der Waals surface area contributed by atoms with Crippen LogP contribution in [0.3, 0.4) is 0 Å². The van der Waals surface area contributed by atoms with Crippen LogP contribution < -0.4 is 4.74 Å². The van der Waals surface area contributed by atoms with Crippen LogP contribution in [0.4, 0.5) is 0 Å². The normalized spacial score (nSPS) is 29.8. The number of aliphatic hydroxyl groups is 2. The van der Waals surface area contributed by atoms with Gasteiger partial charge in [-0.05, 0) is 31.5 Å². The molecule has 0 aromatic heterocycles. The Kier molecular flexibility index (Phi) is 7.08. The van der Waals surface area contributed by atoms with Crippen LogP contribution in [0.1, 0.15) is 19.4 Å². The molecule has 29 heavy (non-hydrogen) atoms. The second-order valence-corrected chi connectivity index (χ2v) is 7.42. The van der Waals surface area contributed by atoms with E-state index in [0.717, 1.165) is 11.3 Å². The van der Waals surface area contributed by atoms with Gasteiger partial charge in [0.2, 0.25) is 0 Å². The van der Waals surface area contributed by atoms with E-state index in [1.54, 1.807) is 21.0 Å². The molecule has 9 nitrogen and oxygen atoms in total. The second kappa shape index (κ2) is 9.36. The molecule has 0 bridgehead atoms. The molecule has 2 heterocycles. The van der Waals surface area contributed by atoms with Gasteiger partial charge in [0.15, 0.2) is 12.1 Å². The van der Waals surface area contributed by atoms with E-state index in [1.807, 2.05) is 30.3 Å². The minimum atomic E-state index is -1.30. The van der Waals surface area contributed by atoms with Gasteiger partial charge < -0.3 is 38.6 Å². The molecular formula is C20H27NO8. The van der Waals surface area contributed by atoms with Crippen LogP contribution >= 0.6 is 0 Å². The third-order valence-corrected chi connectivity index (χ3v) is 4.81. The van der Waals surface area contributed by atoms with Gasteiger partial charge in [-0.1, -0.05) is 12.1 Å². The summed E-state index contributed by atoms with van der Waals surface area (Å²) < 4.78 is 33.7. The maximum absolute atomic E-state index is 10.6. The Hall–Kier alpha value is -1.77. The van der Waals surface area contributed by atoms with Gasteiger partial charge in [-0.3, -0.25) is 0 Å². The fourth-order valence-electron chi connectivity index (χ4n) is 3.44. The first-order valence-corrected chi connectivity index (χ1v) is 9.41. The smallest absolute Gasteiger partial charge is 0.187 e. The zero-order chi connectivity index (χ0) is 21.0. The van der Waals surface area contributed by atoms with Crippen LogP contribution in [0.2, 0.25) is 0 Å². The summed E-state index contributed by atoms with van der Waals surface area (Å²) in [6.45, 7) is 3.41. The summed E-state index contributed by atoms with van der Waals surface area (Å²) in [6.07, 6.45) is -5.38. The Labute approximate surface area is 169 Å². The SMILES string of the molecule is COc1ccc(CO[C@H]2O[C@H]([C@H](O)[C@H](O)COCC#N)C3OC(C)(C)OC32)cc1. The molecule has 1 aromatic rings. The molecule has 2 aliphatic heterocycles. The zero-order valence-electron chi connectivity index (χ0n) is 16.7. The minimum Gasteiger partial charge on any atom is -0.497 e. The van der Waals surface area contributed by atoms with Crippen molar-refractivity contribution in [3.8, 4) is 11.8 Å². The second-order valence-electron chi connectivity index (χ2n) is 7.42. The lowest BCUT2D eigenvalue weighted by Crippen LogP contribution is -2.46. The van der Waals surface area contributed by atoms with Crippen molar-refractivity contribution < 1.29 is 38.6 Å². The highest BCUT2D eigenvalue weighted by molar-refractivity contribution is 5.26. The number of nitriles is 1. The van der Waals surface area contributed by atoms with Crippen molar-refractivity contribution >= 4 is 0 Å². The highest BCUT2D eigenvalue weighted by Crippen LogP contribution is 2.40. The molecule has 2 unspecified atom stereocenters. The molecule has 160 valence electrons. The Morgan fingerprint density at radius 1 is 1.17 bits per heavy atom. The van der Waals surface area contributed by atoms with Crippen LogP contribution in [-0.4, -0.2) is 73.1 Å². The molecule has 0 radical (unpaired) electrons. The van der Waals surface area contributed by atoms with Crippen molar-refractivity contribution in [1.82, 2.24) is 0 Å². The van der Waals surface area contributed by atoms with Gasteiger partial charge in [-0.15, -0.1) is 0 Å². The predicted molar refractivity (Wildman–Crippen MR) is 98.7 cm³/mol. The molecule has 2 N–H and O–H groups in total. The Balaban J connectivity index is 1.64. The standard InChI is InChI=1S/C20H27NO8/c1-20(2)28-17-16(15(23)14(22)11-25-9-8-21)27-19(18(17)29-20)26-10-12-4-6-13(24-3)7-5-12/h4-7,14-19,22-23H,9-11H2,1-3H3/t14-,15-,16-,17?,18?,19+/m1/s1. The monoisotopic (exact) mass is 409 g/mol. The predicted octanol–water partition coefficient (Wildman–Crippen LogP) is 0.719. The molecule has 0 amide bonds.